The van der Waals surface area contributed by atoms with Crippen LogP contribution in [0.5, 0.6) is 0 Å². The first-order valence-electron chi connectivity index (χ1n) is 9.69. The Morgan fingerprint density at radius 3 is 2.50 bits per heavy atom. The molecule has 0 atom stereocenters. The molecule has 0 N–H and O–H groups in total. The number of rotatable bonds is 2. The quantitative estimate of drug-likeness (QED) is 0.753. The minimum atomic E-state index is -0.611. The third-order valence-corrected chi connectivity index (χ3v) is 6.00. The van der Waals surface area contributed by atoms with Crippen LogP contribution in [0.4, 0.5) is 10.1 Å². The molecule has 2 amide bonds. The monoisotopic (exact) mass is 400 g/mol. The number of benzene rings is 2. The summed E-state index contributed by atoms with van der Waals surface area (Å²) in [6.07, 6.45) is 3.12. The predicted octanol–water partition coefficient (Wildman–Crippen LogP) is 4.31. The SMILES string of the molecule is O=C(c1c(F)cccc1Cl)N1CCC(C(=O)N2CCCc3ccccc32)CC1. The number of hydrogen-bond acceptors (Lipinski definition) is 2. The van der Waals surface area contributed by atoms with Gasteiger partial charge >= 0.3 is 0 Å². The lowest BCUT2D eigenvalue weighted by atomic mass is 9.92. The van der Waals surface area contributed by atoms with Crippen molar-refractivity contribution in [3.8, 4) is 0 Å². The maximum atomic E-state index is 14.1. The van der Waals surface area contributed by atoms with Gasteiger partial charge in [0.1, 0.15) is 5.82 Å². The Kier molecular flexibility index (Phi) is 5.36. The first kappa shape index (κ1) is 18.9. The summed E-state index contributed by atoms with van der Waals surface area (Å²) in [6.45, 7) is 1.59. The number of para-hydroxylation sites is 1. The lowest BCUT2D eigenvalue weighted by Crippen LogP contribution is -2.46. The molecule has 28 heavy (non-hydrogen) atoms. The number of amides is 2. The van der Waals surface area contributed by atoms with E-state index in [1.165, 1.54) is 23.8 Å². The van der Waals surface area contributed by atoms with Crippen molar-refractivity contribution in [1.82, 2.24) is 4.90 Å². The number of anilines is 1. The van der Waals surface area contributed by atoms with E-state index in [9.17, 15) is 14.0 Å². The number of nitrogens with zero attached hydrogens (tertiary/aromatic N) is 2. The summed E-state index contributed by atoms with van der Waals surface area (Å²) in [5.74, 6) is -1.01. The van der Waals surface area contributed by atoms with Gasteiger partial charge in [0, 0.05) is 31.2 Å². The van der Waals surface area contributed by atoms with E-state index in [-0.39, 0.29) is 22.4 Å². The molecule has 0 unspecified atom stereocenters. The average Bonchev–Trinajstić information content (AvgIpc) is 2.73. The molecule has 0 spiro atoms. The minimum absolute atomic E-state index is 0.0844. The Bertz CT molecular complexity index is 889. The van der Waals surface area contributed by atoms with E-state index in [1.54, 1.807) is 4.90 Å². The normalized spacial score (nSPS) is 17.4. The largest absolute Gasteiger partial charge is 0.338 e. The first-order valence-corrected chi connectivity index (χ1v) is 10.1. The second kappa shape index (κ2) is 7.92. The van der Waals surface area contributed by atoms with E-state index in [0.717, 1.165) is 25.1 Å². The number of likely N-dealkylation sites (tertiary alicyclic amines) is 1. The standard InChI is InChI=1S/C22H22ClFN2O2/c23-17-7-3-8-18(24)20(17)22(28)25-13-10-16(11-14-25)21(27)26-12-4-6-15-5-1-2-9-19(15)26/h1-3,5,7-9,16H,4,6,10-14H2. The van der Waals surface area contributed by atoms with Crippen LogP contribution in [0.15, 0.2) is 42.5 Å². The first-order chi connectivity index (χ1) is 13.6. The molecule has 2 aromatic carbocycles. The number of carbonyl (C=O) groups excluding carboxylic acids is 2. The number of aryl methyl sites for hydroxylation is 1. The molecule has 2 aliphatic heterocycles. The van der Waals surface area contributed by atoms with Gasteiger partial charge in [-0.1, -0.05) is 35.9 Å². The molecule has 0 bridgehead atoms. The molecule has 2 aromatic rings. The minimum Gasteiger partial charge on any atom is -0.338 e. The number of piperidine rings is 1. The molecule has 4 nitrogen and oxygen atoms in total. The van der Waals surface area contributed by atoms with Gasteiger partial charge in [-0.15, -0.1) is 0 Å². The fourth-order valence-electron chi connectivity index (χ4n) is 4.17. The Balaban J connectivity index is 1.43. The van der Waals surface area contributed by atoms with Crippen molar-refractivity contribution < 1.29 is 14.0 Å². The van der Waals surface area contributed by atoms with Crippen molar-refractivity contribution in [3.63, 3.8) is 0 Å². The van der Waals surface area contributed by atoms with E-state index in [4.69, 9.17) is 11.6 Å². The highest BCUT2D eigenvalue weighted by molar-refractivity contribution is 6.33. The average molecular weight is 401 g/mol. The second-order valence-electron chi connectivity index (χ2n) is 7.39. The third-order valence-electron chi connectivity index (χ3n) is 5.68. The van der Waals surface area contributed by atoms with Gasteiger partial charge in [-0.05, 0) is 49.4 Å². The zero-order valence-corrected chi connectivity index (χ0v) is 16.3. The van der Waals surface area contributed by atoms with E-state index in [1.807, 2.05) is 23.1 Å². The smallest absolute Gasteiger partial charge is 0.258 e. The molecule has 6 heteroatoms. The van der Waals surface area contributed by atoms with Crippen LogP contribution in [0.25, 0.3) is 0 Å². The summed E-state index contributed by atoms with van der Waals surface area (Å²) in [6, 6.07) is 12.3. The molecular formula is C22H22ClFN2O2. The van der Waals surface area contributed by atoms with E-state index in [2.05, 4.69) is 6.07 Å². The Hall–Kier alpha value is -2.40. The fourth-order valence-corrected chi connectivity index (χ4v) is 4.42. The van der Waals surface area contributed by atoms with Crippen LogP contribution in [-0.4, -0.2) is 36.3 Å². The Morgan fingerprint density at radius 1 is 1.00 bits per heavy atom. The predicted molar refractivity (Wildman–Crippen MR) is 107 cm³/mol. The molecule has 0 radical (unpaired) electrons. The number of fused-ring (bicyclic) bond motifs is 1. The summed E-state index contributed by atoms with van der Waals surface area (Å²) in [5.41, 5.74) is 2.14. The van der Waals surface area contributed by atoms with E-state index >= 15 is 0 Å². The molecular weight excluding hydrogens is 379 g/mol. The third kappa shape index (κ3) is 3.51. The zero-order chi connectivity index (χ0) is 19.7. The molecule has 2 aliphatic rings. The summed E-state index contributed by atoms with van der Waals surface area (Å²) in [4.78, 5) is 29.3. The Morgan fingerprint density at radius 2 is 1.75 bits per heavy atom. The van der Waals surface area contributed by atoms with Crippen LogP contribution in [0.1, 0.15) is 35.2 Å². The highest BCUT2D eigenvalue weighted by Crippen LogP contribution is 2.31. The summed E-state index contributed by atoms with van der Waals surface area (Å²) in [7, 11) is 0. The molecule has 0 aliphatic carbocycles. The van der Waals surface area contributed by atoms with Gasteiger partial charge < -0.3 is 9.80 Å². The molecule has 1 saturated heterocycles. The van der Waals surface area contributed by atoms with Crippen molar-refractivity contribution in [2.45, 2.75) is 25.7 Å². The fraction of sp³-hybridized carbons (Fsp3) is 0.364. The van der Waals surface area contributed by atoms with Crippen molar-refractivity contribution in [1.29, 1.82) is 0 Å². The van der Waals surface area contributed by atoms with E-state index in [0.29, 0.717) is 25.9 Å². The van der Waals surface area contributed by atoms with Gasteiger partial charge in [0.25, 0.3) is 5.91 Å². The van der Waals surface area contributed by atoms with Crippen LogP contribution < -0.4 is 4.90 Å². The summed E-state index contributed by atoms with van der Waals surface area (Å²) < 4.78 is 14.1. The van der Waals surface area contributed by atoms with E-state index < -0.39 is 11.7 Å². The second-order valence-corrected chi connectivity index (χ2v) is 7.79. The topological polar surface area (TPSA) is 40.6 Å². The number of halogens is 2. The van der Waals surface area contributed by atoms with Crippen molar-refractivity contribution in [2.24, 2.45) is 5.92 Å². The zero-order valence-electron chi connectivity index (χ0n) is 15.5. The van der Waals surface area contributed by atoms with Crippen LogP contribution in [0.2, 0.25) is 5.02 Å². The molecule has 2 heterocycles. The highest BCUT2D eigenvalue weighted by Gasteiger charge is 2.33. The van der Waals surface area contributed by atoms with Crippen LogP contribution in [0, 0.1) is 11.7 Å². The van der Waals surface area contributed by atoms with Crippen molar-refractivity contribution in [3.05, 3.63) is 64.4 Å². The molecule has 4 rings (SSSR count). The summed E-state index contributed by atoms with van der Waals surface area (Å²) in [5, 5.41) is 0.119. The van der Waals surface area contributed by atoms with Crippen molar-refractivity contribution in [2.75, 3.05) is 24.5 Å². The molecule has 0 aromatic heterocycles. The number of carbonyl (C=O) groups is 2. The highest BCUT2D eigenvalue weighted by atomic mass is 35.5. The van der Waals surface area contributed by atoms with Crippen LogP contribution >= 0.6 is 11.6 Å². The lowest BCUT2D eigenvalue weighted by Gasteiger charge is -2.36. The van der Waals surface area contributed by atoms with Gasteiger partial charge in [0.15, 0.2) is 0 Å². The molecule has 0 saturated carbocycles. The van der Waals surface area contributed by atoms with Crippen molar-refractivity contribution >= 4 is 29.1 Å². The molecule has 146 valence electrons. The maximum Gasteiger partial charge on any atom is 0.258 e. The van der Waals surface area contributed by atoms with Gasteiger partial charge in [0.05, 0.1) is 10.6 Å². The van der Waals surface area contributed by atoms with Crippen LogP contribution in [-0.2, 0) is 11.2 Å². The summed E-state index contributed by atoms with van der Waals surface area (Å²) >= 11 is 6.02. The maximum absolute atomic E-state index is 14.1. The van der Waals surface area contributed by atoms with Gasteiger partial charge in [-0.2, -0.15) is 0 Å². The van der Waals surface area contributed by atoms with Gasteiger partial charge in [-0.25, -0.2) is 4.39 Å². The van der Waals surface area contributed by atoms with Gasteiger partial charge in [-0.3, -0.25) is 9.59 Å². The number of hydrogen-bond donors (Lipinski definition) is 0. The lowest BCUT2D eigenvalue weighted by molar-refractivity contribution is -0.123. The molecule has 1 fully saturated rings. The Labute approximate surface area is 168 Å². The van der Waals surface area contributed by atoms with Crippen LogP contribution in [0.3, 0.4) is 0 Å². The van der Waals surface area contributed by atoms with Gasteiger partial charge in [0.2, 0.25) is 5.91 Å².